The van der Waals surface area contributed by atoms with Gasteiger partial charge in [0, 0.05) is 62.1 Å². The third-order valence-corrected chi connectivity index (χ3v) is 7.20. The summed E-state index contributed by atoms with van der Waals surface area (Å²) in [5.74, 6) is 0. The first-order valence-electron chi connectivity index (χ1n) is 11.3. The summed E-state index contributed by atoms with van der Waals surface area (Å²) in [6.07, 6.45) is -16.2. The number of morpholine rings is 1. The minimum atomic E-state index is -5.72. The van der Waals surface area contributed by atoms with Crippen LogP contribution < -0.4 is 4.90 Å². The maximum atomic E-state index is 12.7. The second-order valence-electron chi connectivity index (χ2n) is 9.32. The van der Waals surface area contributed by atoms with E-state index in [1.165, 1.54) is 0 Å². The van der Waals surface area contributed by atoms with Gasteiger partial charge in [-0.1, -0.05) is 17.7 Å². The number of halogens is 7. The molecule has 0 aromatic heterocycles. The van der Waals surface area contributed by atoms with E-state index in [4.69, 9.17) is 16.3 Å². The van der Waals surface area contributed by atoms with Crippen molar-refractivity contribution in [2.24, 2.45) is 5.41 Å². The number of alkyl halides is 6. The monoisotopic (exact) mass is 529 g/mol. The van der Waals surface area contributed by atoms with Crippen LogP contribution in [0.1, 0.15) is 18.4 Å². The summed E-state index contributed by atoms with van der Waals surface area (Å²) in [6.45, 7) is 4.95. The fourth-order valence-corrected chi connectivity index (χ4v) is 5.25. The molecule has 1 aromatic rings. The van der Waals surface area contributed by atoms with Crippen LogP contribution in [-0.4, -0.2) is 86.8 Å². The predicted octanol–water partition coefficient (Wildman–Crippen LogP) is 4.70. The Bertz CT molecular complexity index is 893. The van der Waals surface area contributed by atoms with Crippen molar-refractivity contribution in [3.05, 3.63) is 28.8 Å². The molecule has 3 heterocycles. The van der Waals surface area contributed by atoms with Gasteiger partial charge in [0.15, 0.2) is 0 Å². The van der Waals surface area contributed by atoms with Crippen LogP contribution in [0.25, 0.3) is 0 Å². The van der Waals surface area contributed by atoms with Crippen LogP contribution in [0, 0.1) is 5.41 Å². The maximum Gasteiger partial charge on any atom is 0.434 e. The number of rotatable bonds is 4. The molecular weight excluding hydrogens is 504 g/mol. The average Bonchev–Trinajstić information content (AvgIpc) is 2.77. The Hall–Kier alpha value is -1.92. The second-order valence-corrected chi connectivity index (χ2v) is 9.72. The normalized spacial score (nSPS) is 21.4. The maximum absolute atomic E-state index is 12.7. The van der Waals surface area contributed by atoms with Crippen LogP contribution >= 0.6 is 11.6 Å². The molecule has 6 nitrogen and oxygen atoms in total. The summed E-state index contributed by atoms with van der Waals surface area (Å²) in [7, 11) is 0. The molecule has 0 bridgehead atoms. The number of carbonyl (C=O) groups excluding carboxylic acids is 1. The van der Waals surface area contributed by atoms with Crippen molar-refractivity contribution in [2.45, 2.75) is 37.8 Å². The molecule has 0 aliphatic carbocycles. The zero-order chi connectivity index (χ0) is 25.4. The Morgan fingerprint density at radius 1 is 1.03 bits per heavy atom. The molecule has 0 unspecified atom stereocenters. The van der Waals surface area contributed by atoms with E-state index in [0.717, 1.165) is 29.2 Å². The number of benzene rings is 1. The lowest BCUT2D eigenvalue weighted by atomic mass is 9.72. The molecule has 3 saturated heterocycles. The number of nitrogens with zero attached hydrogens (tertiary/aromatic N) is 3. The summed E-state index contributed by atoms with van der Waals surface area (Å²) in [5, 5.41) is 0.663. The molecule has 3 fully saturated rings. The van der Waals surface area contributed by atoms with Crippen molar-refractivity contribution in [3.63, 3.8) is 0 Å². The molecule has 0 radical (unpaired) electrons. The Morgan fingerprint density at radius 2 is 1.63 bits per heavy atom. The van der Waals surface area contributed by atoms with Crippen LogP contribution in [0.5, 0.6) is 0 Å². The van der Waals surface area contributed by atoms with Gasteiger partial charge >= 0.3 is 18.4 Å². The fourth-order valence-electron chi connectivity index (χ4n) is 5.02. The fraction of sp³-hybridized carbons (Fsp3) is 0.682. The van der Waals surface area contributed by atoms with Crippen molar-refractivity contribution in [2.75, 3.05) is 57.4 Å². The third-order valence-electron chi connectivity index (χ3n) is 6.84. The van der Waals surface area contributed by atoms with Crippen LogP contribution in [0.2, 0.25) is 5.02 Å². The van der Waals surface area contributed by atoms with Gasteiger partial charge in [-0.25, -0.2) is 4.79 Å². The van der Waals surface area contributed by atoms with Gasteiger partial charge in [-0.3, -0.25) is 4.90 Å². The first-order chi connectivity index (χ1) is 16.4. The molecule has 1 aromatic carbocycles. The van der Waals surface area contributed by atoms with Gasteiger partial charge in [0.25, 0.3) is 6.10 Å². The third kappa shape index (κ3) is 5.91. The molecule has 3 aliphatic heterocycles. The van der Waals surface area contributed by atoms with Gasteiger partial charge < -0.3 is 19.3 Å². The summed E-state index contributed by atoms with van der Waals surface area (Å²) in [5.41, 5.74) is 1.94. The molecule has 196 valence electrons. The molecule has 0 saturated carbocycles. The minimum absolute atomic E-state index is 0.0419. The number of carbonyl (C=O) groups is 1. The predicted molar refractivity (Wildman–Crippen MR) is 115 cm³/mol. The van der Waals surface area contributed by atoms with Gasteiger partial charge in [-0.15, -0.1) is 0 Å². The zero-order valence-corrected chi connectivity index (χ0v) is 19.6. The number of anilines is 1. The van der Waals surface area contributed by atoms with E-state index in [9.17, 15) is 31.1 Å². The topological polar surface area (TPSA) is 45.2 Å². The van der Waals surface area contributed by atoms with Crippen molar-refractivity contribution in [1.82, 2.24) is 9.80 Å². The lowest BCUT2D eigenvalue weighted by Crippen LogP contribution is -2.60. The van der Waals surface area contributed by atoms with Gasteiger partial charge in [0.1, 0.15) is 0 Å². The lowest BCUT2D eigenvalue weighted by molar-refractivity contribution is -0.308. The van der Waals surface area contributed by atoms with Crippen molar-refractivity contribution in [1.29, 1.82) is 0 Å². The molecule has 35 heavy (non-hydrogen) atoms. The largest absolute Gasteiger partial charge is 0.434 e. The average molecular weight is 530 g/mol. The van der Waals surface area contributed by atoms with Crippen molar-refractivity contribution >= 4 is 23.4 Å². The Kier molecular flexibility index (Phi) is 7.36. The van der Waals surface area contributed by atoms with E-state index in [2.05, 4.69) is 14.5 Å². The molecule has 13 heteroatoms. The number of hydrogen-bond acceptors (Lipinski definition) is 5. The highest BCUT2D eigenvalue weighted by Gasteiger charge is 2.60. The van der Waals surface area contributed by atoms with Crippen LogP contribution in [0.4, 0.5) is 36.8 Å². The van der Waals surface area contributed by atoms with E-state index in [1.54, 1.807) is 0 Å². The smallest absolute Gasteiger partial charge is 0.426 e. The van der Waals surface area contributed by atoms with Crippen LogP contribution in [0.15, 0.2) is 18.2 Å². The minimum Gasteiger partial charge on any atom is -0.426 e. The van der Waals surface area contributed by atoms with E-state index >= 15 is 0 Å². The molecule has 3 aliphatic rings. The highest BCUT2D eigenvalue weighted by molar-refractivity contribution is 6.31. The number of likely N-dealkylation sites (tertiary alicyclic amines) is 2. The number of piperidine rings is 1. The molecular formula is C22H26ClF6N3O3. The van der Waals surface area contributed by atoms with Crippen molar-refractivity contribution < 1.29 is 40.6 Å². The van der Waals surface area contributed by atoms with E-state index in [1.807, 2.05) is 18.2 Å². The van der Waals surface area contributed by atoms with Gasteiger partial charge in [-0.2, -0.15) is 26.3 Å². The SMILES string of the molecule is O=C(OC(C(F)(F)F)C(F)(F)F)N1CCC2(CC1)CN(Cc1c(Cl)cccc1N1CCOCC1)C2. The summed E-state index contributed by atoms with van der Waals surface area (Å²) in [6, 6.07) is 5.78. The van der Waals surface area contributed by atoms with Crippen LogP contribution in [0.3, 0.4) is 0 Å². The Labute approximate surface area is 203 Å². The van der Waals surface area contributed by atoms with E-state index in [-0.39, 0.29) is 18.5 Å². The zero-order valence-electron chi connectivity index (χ0n) is 18.8. The quantitative estimate of drug-likeness (QED) is 0.529. The highest BCUT2D eigenvalue weighted by Crippen LogP contribution is 2.43. The first kappa shape index (κ1) is 26.2. The lowest BCUT2D eigenvalue weighted by Gasteiger charge is -2.54. The van der Waals surface area contributed by atoms with Crippen LogP contribution in [-0.2, 0) is 16.0 Å². The molecule has 1 amide bonds. The van der Waals surface area contributed by atoms with Gasteiger partial charge in [0.05, 0.1) is 13.2 Å². The first-order valence-corrected chi connectivity index (χ1v) is 11.7. The standard InChI is InChI=1S/C22H26ClF6N3O3/c23-16-2-1-3-17(31-8-10-34-11-9-31)15(16)12-30-13-20(14-30)4-6-32(7-5-20)19(33)35-18(21(24,25)26)22(27,28)29/h1-3,18H,4-14H2. The second kappa shape index (κ2) is 9.85. The molecule has 0 N–H and O–H groups in total. The van der Waals surface area contributed by atoms with E-state index < -0.39 is 24.5 Å². The number of ether oxygens (including phenoxy) is 2. The molecule has 4 rings (SSSR count). The van der Waals surface area contributed by atoms with E-state index in [0.29, 0.717) is 50.7 Å². The molecule has 1 spiro atoms. The van der Waals surface area contributed by atoms with Gasteiger partial charge in [-0.05, 0) is 30.4 Å². The summed E-state index contributed by atoms with van der Waals surface area (Å²) >= 11 is 6.51. The van der Waals surface area contributed by atoms with Gasteiger partial charge in [0.2, 0.25) is 0 Å². The summed E-state index contributed by atoms with van der Waals surface area (Å²) in [4.78, 5) is 17.4. The number of hydrogen-bond donors (Lipinski definition) is 0. The Balaban J connectivity index is 1.31. The number of amides is 1. The molecule has 0 atom stereocenters. The summed E-state index contributed by atoms with van der Waals surface area (Å²) < 4.78 is 85.4. The van der Waals surface area contributed by atoms with Crippen molar-refractivity contribution in [3.8, 4) is 0 Å². The highest BCUT2D eigenvalue weighted by atomic mass is 35.5. The Morgan fingerprint density at radius 3 is 2.20 bits per heavy atom.